The number of hydrogen-bond donors (Lipinski definition) is 0. The molecule has 7 aromatic carbocycles. The van der Waals surface area contributed by atoms with E-state index in [4.69, 9.17) is 4.98 Å². The van der Waals surface area contributed by atoms with E-state index in [1.165, 1.54) is 53.9 Å². The first kappa shape index (κ1) is 26.7. The highest BCUT2D eigenvalue weighted by atomic mass is 32.2. The summed E-state index contributed by atoms with van der Waals surface area (Å²) >= 11 is 1.86. The predicted octanol–water partition coefficient (Wildman–Crippen LogP) is 11.8. The molecule has 0 atom stereocenters. The van der Waals surface area contributed by atoms with Gasteiger partial charge in [-0.1, -0.05) is 145 Å². The number of para-hydroxylation sites is 3. The van der Waals surface area contributed by atoms with Gasteiger partial charge in [0, 0.05) is 21.0 Å². The quantitative estimate of drug-likeness (QED) is 0.195. The summed E-state index contributed by atoms with van der Waals surface area (Å²) in [6.07, 6.45) is 4.54. The van der Waals surface area contributed by atoms with E-state index >= 15 is 0 Å². The molecule has 0 unspecified atom stereocenters. The van der Waals surface area contributed by atoms with Crippen LogP contribution in [0.2, 0.25) is 0 Å². The van der Waals surface area contributed by atoms with Crippen molar-refractivity contribution in [1.29, 1.82) is 0 Å². The van der Waals surface area contributed by atoms with Gasteiger partial charge in [0.05, 0.1) is 11.0 Å². The van der Waals surface area contributed by atoms with Gasteiger partial charge in [-0.25, -0.2) is 4.98 Å². The summed E-state index contributed by atoms with van der Waals surface area (Å²) in [7, 11) is 0. The lowest BCUT2D eigenvalue weighted by Gasteiger charge is -2.18. The van der Waals surface area contributed by atoms with Crippen LogP contribution in [0.25, 0.3) is 73.3 Å². The van der Waals surface area contributed by atoms with Crippen molar-refractivity contribution in [3.05, 3.63) is 169 Å². The molecule has 216 valence electrons. The molecule has 2 heterocycles. The highest BCUT2D eigenvalue weighted by molar-refractivity contribution is 7.99. The Hall–Kier alpha value is -5.64. The number of fused-ring (bicyclic) bond motifs is 9. The number of aromatic nitrogens is 2. The normalized spacial score (nSPS) is 12.9. The zero-order chi connectivity index (χ0) is 30.5. The zero-order valence-corrected chi connectivity index (χ0v) is 25.8. The first-order valence-electron chi connectivity index (χ1n) is 15.6. The molecular weight excluding hydrogens is 577 g/mol. The van der Waals surface area contributed by atoms with E-state index in [-0.39, 0.29) is 0 Å². The minimum absolute atomic E-state index is 0.930. The van der Waals surface area contributed by atoms with Crippen molar-refractivity contribution in [2.75, 3.05) is 0 Å². The third-order valence-corrected chi connectivity index (χ3v) is 10.1. The van der Waals surface area contributed by atoms with E-state index in [0.29, 0.717) is 0 Å². The second-order valence-electron chi connectivity index (χ2n) is 11.6. The van der Waals surface area contributed by atoms with Gasteiger partial charge < -0.3 is 0 Å². The Balaban J connectivity index is 1.35. The second-order valence-corrected chi connectivity index (χ2v) is 12.6. The maximum Gasteiger partial charge on any atom is 0.145 e. The van der Waals surface area contributed by atoms with Crippen LogP contribution in [0.1, 0.15) is 11.1 Å². The van der Waals surface area contributed by atoms with E-state index in [9.17, 15) is 0 Å². The fraction of sp³-hybridized carbons (Fsp3) is 0. The minimum Gasteiger partial charge on any atom is -0.292 e. The molecule has 0 saturated carbocycles. The molecule has 0 N–H and O–H groups in total. The van der Waals surface area contributed by atoms with Gasteiger partial charge in [0.15, 0.2) is 0 Å². The van der Waals surface area contributed by atoms with Crippen molar-refractivity contribution in [2.45, 2.75) is 9.79 Å². The summed E-state index contributed by atoms with van der Waals surface area (Å²) in [5.74, 6) is 0.930. The SMILES string of the molecule is C1=C\c2ccc(-c3nc4ccccc4n3-c3ccccc3)cc2-c2ccc3ccccc3c2Sc2ccccc2-c2ccccc2/1. The van der Waals surface area contributed by atoms with Crippen LogP contribution in [0, 0.1) is 0 Å². The minimum atomic E-state index is 0.930. The molecule has 0 radical (unpaired) electrons. The molecule has 0 saturated heterocycles. The molecule has 1 aliphatic rings. The average molecular weight is 605 g/mol. The summed E-state index contributed by atoms with van der Waals surface area (Å²) in [6, 6.07) is 56.5. The predicted molar refractivity (Wildman–Crippen MR) is 194 cm³/mol. The summed E-state index contributed by atoms with van der Waals surface area (Å²) in [5, 5.41) is 2.49. The van der Waals surface area contributed by atoms with Gasteiger partial charge in [0.25, 0.3) is 0 Å². The average Bonchev–Trinajstić information content (AvgIpc) is 3.50. The molecular formula is C43H28N2S. The van der Waals surface area contributed by atoms with Crippen molar-refractivity contribution >= 4 is 45.7 Å². The molecule has 9 rings (SSSR count). The van der Waals surface area contributed by atoms with Crippen molar-refractivity contribution in [1.82, 2.24) is 9.55 Å². The number of nitrogens with zero attached hydrogens (tertiary/aromatic N) is 2. The molecule has 0 spiro atoms. The maximum atomic E-state index is 5.20. The Morgan fingerprint density at radius 3 is 2.13 bits per heavy atom. The van der Waals surface area contributed by atoms with Gasteiger partial charge >= 0.3 is 0 Å². The Kier molecular flexibility index (Phi) is 6.43. The fourth-order valence-electron chi connectivity index (χ4n) is 6.65. The summed E-state index contributed by atoms with van der Waals surface area (Å²) in [6.45, 7) is 0. The van der Waals surface area contributed by atoms with Crippen molar-refractivity contribution < 1.29 is 0 Å². The van der Waals surface area contributed by atoms with Crippen LogP contribution in [0.3, 0.4) is 0 Å². The molecule has 8 aromatic rings. The van der Waals surface area contributed by atoms with Crippen LogP contribution in [0.5, 0.6) is 0 Å². The highest BCUT2D eigenvalue weighted by Crippen LogP contribution is 2.47. The molecule has 0 amide bonds. The lowest BCUT2D eigenvalue weighted by atomic mass is 9.93. The largest absolute Gasteiger partial charge is 0.292 e. The standard InChI is InChI=1S/C43H28N2S/c1-2-14-33(15-3-1)45-40-20-10-9-19-39(40)44-43(45)32-25-24-31-23-22-29-12-4-6-16-34(29)36-18-8-11-21-41(36)46-42-35-17-7-5-13-30(35)26-27-37(42)38(31)28-32/h1-28H/b23-22-. The van der Waals surface area contributed by atoms with Gasteiger partial charge in [0.1, 0.15) is 5.82 Å². The van der Waals surface area contributed by atoms with E-state index in [1.807, 2.05) is 11.8 Å². The van der Waals surface area contributed by atoms with Crippen LogP contribution in [0.15, 0.2) is 168 Å². The van der Waals surface area contributed by atoms with Crippen molar-refractivity contribution in [3.8, 4) is 39.3 Å². The number of benzene rings is 7. The fourth-order valence-corrected chi connectivity index (χ4v) is 7.89. The Labute approximate surface area is 272 Å². The molecule has 1 aromatic heterocycles. The molecule has 0 aliphatic carbocycles. The van der Waals surface area contributed by atoms with E-state index < -0.39 is 0 Å². The molecule has 3 heteroatoms. The van der Waals surface area contributed by atoms with Gasteiger partial charge in [0.2, 0.25) is 0 Å². The monoisotopic (exact) mass is 604 g/mol. The van der Waals surface area contributed by atoms with Crippen LogP contribution in [-0.2, 0) is 0 Å². The van der Waals surface area contributed by atoms with Crippen molar-refractivity contribution in [2.24, 2.45) is 0 Å². The molecule has 0 fully saturated rings. The topological polar surface area (TPSA) is 17.8 Å². The molecule has 46 heavy (non-hydrogen) atoms. The van der Waals surface area contributed by atoms with Gasteiger partial charge in [-0.2, -0.15) is 0 Å². The van der Waals surface area contributed by atoms with E-state index in [1.54, 1.807) is 0 Å². The highest BCUT2D eigenvalue weighted by Gasteiger charge is 2.20. The number of imidazole rings is 1. The lowest BCUT2D eigenvalue weighted by Crippen LogP contribution is -1.98. The Morgan fingerprint density at radius 2 is 1.22 bits per heavy atom. The first-order chi connectivity index (χ1) is 22.8. The van der Waals surface area contributed by atoms with Gasteiger partial charge in [-0.05, 0) is 80.6 Å². The van der Waals surface area contributed by atoms with Crippen LogP contribution in [-0.4, -0.2) is 9.55 Å². The van der Waals surface area contributed by atoms with Gasteiger partial charge in [-0.3, -0.25) is 4.57 Å². The molecule has 0 bridgehead atoms. The van der Waals surface area contributed by atoms with Crippen LogP contribution >= 0.6 is 11.8 Å². The van der Waals surface area contributed by atoms with E-state index in [0.717, 1.165) is 28.1 Å². The van der Waals surface area contributed by atoms with E-state index in [2.05, 4.69) is 174 Å². The summed E-state index contributed by atoms with van der Waals surface area (Å²) < 4.78 is 2.28. The van der Waals surface area contributed by atoms with Crippen LogP contribution in [0.4, 0.5) is 0 Å². The molecule has 1 aliphatic heterocycles. The van der Waals surface area contributed by atoms with Gasteiger partial charge in [-0.15, -0.1) is 0 Å². The third kappa shape index (κ3) is 4.48. The second kappa shape index (κ2) is 11.1. The maximum absolute atomic E-state index is 5.20. The Morgan fingerprint density at radius 1 is 0.500 bits per heavy atom. The zero-order valence-electron chi connectivity index (χ0n) is 25.0. The summed E-state index contributed by atoms with van der Waals surface area (Å²) in [5.41, 5.74) is 11.5. The number of hydrogen-bond acceptors (Lipinski definition) is 2. The molecule has 2 nitrogen and oxygen atoms in total. The Bertz CT molecular complexity index is 2450. The third-order valence-electron chi connectivity index (χ3n) is 8.85. The smallest absolute Gasteiger partial charge is 0.145 e. The first-order valence-corrected chi connectivity index (χ1v) is 16.4. The van der Waals surface area contributed by atoms with Crippen molar-refractivity contribution in [3.63, 3.8) is 0 Å². The summed E-state index contributed by atoms with van der Waals surface area (Å²) in [4.78, 5) is 7.70. The lowest BCUT2D eigenvalue weighted by molar-refractivity contribution is 1.10. The number of rotatable bonds is 2. The van der Waals surface area contributed by atoms with Crippen LogP contribution < -0.4 is 0 Å².